The lowest BCUT2D eigenvalue weighted by Crippen LogP contribution is -2.48. The van der Waals surface area contributed by atoms with E-state index in [-0.39, 0.29) is 30.1 Å². The molecule has 0 spiro atoms. The topological polar surface area (TPSA) is 102 Å². The van der Waals surface area contributed by atoms with Crippen LogP contribution < -0.4 is 5.73 Å². The number of nitrogens with two attached hydrogens (primary N) is 1. The molecule has 1 aromatic rings. The number of morpholine rings is 1. The molecular weight excluding hydrogens is 262 g/mol. The van der Waals surface area contributed by atoms with E-state index in [0.29, 0.717) is 19.7 Å². The van der Waals surface area contributed by atoms with Crippen LogP contribution in [-0.2, 0) is 11.3 Å². The van der Waals surface area contributed by atoms with Gasteiger partial charge in [-0.25, -0.2) is 0 Å². The average molecular weight is 281 g/mol. The van der Waals surface area contributed by atoms with Crippen molar-refractivity contribution in [1.29, 1.82) is 0 Å². The molecule has 0 aliphatic carbocycles. The van der Waals surface area contributed by atoms with Gasteiger partial charge in [0.05, 0.1) is 24.2 Å². The van der Waals surface area contributed by atoms with Crippen molar-refractivity contribution in [2.45, 2.75) is 25.6 Å². The highest BCUT2D eigenvalue weighted by Gasteiger charge is 2.26. The van der Waals surface area contributed by atoms with Crippen LogP contribution in [0, 0.1) is 10.1 Å². The third-order valence-corrected chi connectivity index (χ3v) is 3.58. The largest absolute Gasteiger partial charge is 0.394 e. The van der Waals surface area contributed by atoms with Crippen molar-refractivity contribution in [3.05, 3.63) is 33.9 Å². The zero-order chi connectivity index (χ0) is 14.7. The molecule has 1 aliphatic rings. The van der Waals surface area contributed by atoms with Gasteiger partial charge in [0.1, 0.15) is 5.69 Å². The minimum Gasteiger partial charge on any atom is -0.394 e. The summed E-state index contributed by atoms with van der Waals surface area (Å²) in [6, 6.07) is 5.01. The van der Waals surface area contributed by atoms with Crippen LogP contribution in [0.1, 0.15) is 12.5 Å². The van der Waals surface area contributed by atoms with E-state index in [2.05, 4.69) is 4.90 Å². The van der Waals surface area contributed by atoms with Gasteiger partial charge in [0, 0.05) is 25.2 Å². The summed E-state index contributed by atoms with van der Waals surface area (Å²) in [5.74, 6) is 0. The Balaban J connectivity index is 2.16. The predicted octanol–water partition coefficient (Wildman–Crippen LogP) is 0.759. The molecule has 2 unspecified atom stereocenters. The highest BCUT2D eigenvalue weighted by molar-refractivity contribution is 5.62. The lowest BCUT2D eigenvalue weighted by atomic mass is 10.1. The van der Waals surface area contributed by atoms with E-state index in [1.165, 1.54) is 6.07 Å². The Labute approximate surface area is 117 Å². The maximum absolute atomic E-state index is 10.9. The summed E-state index contributed by atoms with van der Waals surface area (Å²) in [5.41, 5.74) is 6.73. The maximum atomic E-state index is 10.9. The molecule has 2 atom stereocenters. The number of hydrogen-bond acceptors (Lipinski definition) is 6. The molecule has 1 saturated heterocycles. The van der Waals surface area contributed by atoms with Crippen LogP contribution in [0.4, 0.5) is 11.4 Å². The van der Waals surface area contributed by atoms with Crippen LogP contribution in [0.25, 0.3) is 0 Å². The lowest BCUT2D eigenvalue weighted by molar-refractivity contribution is -0.384. The van der Waals surface area contributed by atoms with Gasteiger partial charge in [0.2, 0.25) is 0 Å². The van der Waals surface area contributed by atoms with Crippen molar-refractivity contribution < 1.29 is 14.8 Å². The fourth-order valence-corrected chi connectivity index (χ4v) is 2.32. The van der Waals surface area contributed by atoms with Crippen molar-refractivity contribution in [2.24, 2.45) is 0 Å². The summed E-state index contributed by atoms with van der Waals surface area (Å²) in [7, 11) is 0. The van der Waals surface area contributed by atoms with Gasteiger partial charge < -0.3 is 15.6 Å². The molecule has 0 radical (unpaired) electrons. The number of aliphatic hydroxyl groups is 1. The molecule has 3 N–H and O–H groups in total. The van der Waals surface area contributed by atoms with Crippen molar-refractivity contribution in [3.63, 3.8) is 0 Å². The molecule has 1 aromatic carbocycles. The van der Waals surface area contributed by atoms with Crippen molar-refractivity contribution in [2.75, 3.05) is 25.5 Å². The number of nitro groups is 1. The fraction of sp³-hybridized carbons (Fsp3) is 0.538. The van der Waals surface area contributed by atoms with E-state index in [1.807, 2.05) is 6.92 Å². The van der Waals surface area contributed by atoms with Gasteiger partial charge in [-0.15, -0.1) is 0 Å². The Morgan fingerprint density at radius 1 is 1.60 bits per heavy atom. The van der Waals surface area contributed by atoms with E-state index in [9.17, 15) is 10.1 Å². The van der Waals surface area contributed by atoms with E-state index in [1.54, 1.807) is 12.1 Å². The van der Waals surface area contributed by atoms with E-state index < -0.39 is 4.92 Å². The Morgan fingerprint density at radius 2 is 2.35 bits per heavy atom. The van der Waals surface area contributed by atoms with Gasteiger partial charge >= 0.3 is 0 Å². The van der Waals surface area contributed by atoms with Crippen molar-refractivity contribution in [3.8, 4) is 0 Å². The number of benzene rings is 1. The first-order chi connectivity index (χ1) is 9.52. The van der Waals surface area contributed by atoms with Crippen LogP contribution in [0.2, 0.25) is 0 Å². The van der Waals surface area contributed by atoms with Gasteiger partial charge in [0.15, 0.2) is 0 Å². The number of ether oxygens (including phenoxy) is 1. The third-order valence-electron chi connectivity index (χ3n) is 3.58. The van der Waals surface area contributed by atoms with Crippen LogP contribution in [0.5, 0.6) is 0 Å². The first-order valence-corrected chi connectivity index (χ1v) is 6.51. The number of anilines is 1. The van der Waals surface area contributed by atoms with Crippen LogP contribution >= 0.6 is 0 Å². The third kappa shape index (κ3) is 3.06. The zero-order valence-electron chi connectivity index (χ0n) is 11.4. The van der Waals surface area contributed by atoms with Crippen LogP contribution in [0.3, 0.4) is 0 Å². The second kappa shape index (κ2) is 6.17. The minimum absolute atomic E-state index is 0.0341. The fourth-order valence-electron chi connectivity index (χ4n) is 2.32. The number of rotatable bonds is 4. The monoisotopic (exact) mass is 281 g/mol. The van der Waals surface area contributed by atoms with Gasteiger partial charge in [-0.3, -0.25) is 15.0 Å². The molecule has 0 bridgehead atoms. The SMILES string of the molecule is CC1COC(CO)CN1Cc1cccc([N+](=O)[O-])c1N. The number of aliphatic hydroxyl groups excluding tert-OH is 1. The summed E-state index contributed by atoms with van der Waals surface area (Å²) >= 11 is 0. The second-order valence-corrected chi connectivity index (χ2v) is 5.02. The average Bonchev–Trinajstić information content (AvgIpc) is 2.43. The van der Waals surface area contributed by atoms with E-state index in [0.717, 1.165) is 5.56 Å². The number of nitrogen functional groups attached to an aromatic ring is 1. The van der Waals surface area contributed by atoms with Crippen molar-refractivity contribution in [1.82, 2.24) is 4.90 Å². The molecule has 0 aromatic heterocycles. The Hall–Kier alpha value is -1.70. The molecule has 1 aliphatic heterocycles. The normalized spacial score (nSPS) is 23.7. The zero-order valence-corrected chi connectivity index (χ0v) is 11.4. The van der Waals surface area contributed by atoms with Gasteiger partial charge in [-0.2, -0.15) is 0 Å². The molecule has 1 fully saturated rings. The summed E-state index contributed by atoms with van der Waals surface area (Å²) < 4.78 is 5.47. The van der Waals surface area contributed by atoms with E-state index >= 15 is 0 Å². The Bertz CT molecular complexity index is 495. The van der Waals surface area contributed by atoms with Gasteiger partial charge in [0.25, 0.3) is 5.69 Å². The number of hydrogen-bond donors (Lipinski definition) is 2. The van der Waals surface area contributed by atoms with Gasteiger partial charge in [-0.1, -0.05) is 12.1 Å². The highest BCUT2D eigenvalue weighted by Crippen LogP contribution is 2.27. The summed E-state index contributed by atoms with van der Waals surface area (Å²) in [5, 5.41) is 20.1. The van der Waals surface area contributed by atoms with Crippen LogP contribution in [-0.4, -0.2) is 46.8 Å². The number of nitrogens with zero attached hydrogens (tertiary/aromatic N) is 2. The smallest absolute Gasteiger partial charge is 0.292 e. The van der Waals surface area contributed by atoms with Crippen LogP contribution in [0.15, 0.2) is 18.2 Å². The Kier molecular flexibility index (Phi) is 4.53. The minimum atomic E-state index is -0.474. The standard InChI is InChI=1S/C13H19N3O4/c1-9-8-20-11(7-17)6-15(9)5-10-3-2-4-12(13(10)14)16(18)19/h2-4,9,11,17H,5-8,14H2,1H3. The Morgan fingerprint density at radius 3 is 3.00 bits per heavy atom. The summed E-state index contributed by atoms with van der Waals surface area (Å²) in [4.78, 5) is 12.5. The number of para-hydroxylation sites is 1. The first kappa shape index (κ1) is 14.7. The maximum Gasteiger partial charge on any atom is 0.292 e. The molecule has 2 rings (SSSR count). The quantitative estimate of drug-likeness (QED) is 0.480. The highest BCUT2D eigenvalue weighted by atomic mass is 16.6. The van der Waals surface area contributed by atoms with Gasteiger partial charge in [-0.05, 0) is 12.5 Å². The molecule has 7 nitrogen and oxygen atoms in total. The molecule has 0 saturated carbocycles. The summed E-state index contributed by atoms with van der Waals surface area (Å²) in [6.07, 6.45) is -0.217. The second-order valence-electron chi connectivity index (χ2n) is 5.02. The molecule has 7 heteroatoms. The van der Waals surface area contributed by atoms with E-state index in [4.69, 9.17) is 15.6 Å². The molecule has 0 amide bonds. The molecular formula is C13H19N3O4. The predicted molar refractivity (Wildman–Crippen MR) is 74.2 cm³/mol. The number of nitro benzene ring substituents is 1. The summed E-state index contributed by atoms with van der Waals surface area (Å²) in [6.45, 7) is 3.60. The molecule has 110 valence electrons. The first-order valence-electron chi connectivity index (χ1n) is 6.51. The molecule has 1 heterocycles. The molecule has 20 heavy (non-hydrogen) atoms. The lowest BCUT2D eigenvalue weighted by Gasteiger charge is -2.37. The van der Waals surface area contributed by atoms with Crippen molar-refractivity contribution >= 4 is 11.4 Å².